The third-order valence-electron chi connectivity index (χ3n) is 5.91. The monoisotopic (exact) mass is 443 g/mol. The molecule has 0 spiro atoms. The summed E-state index contributed by atoms with van der Waals surface area (Å²) >= 11 is 0. The van der Waals surface area contributed by atoms with E-state index in [0.29, 0.717) is 18.0 Å². The number of benzene rings is 3. The van der Waals surface area contributed by atoms with E-state index in [1.165, 1.54) is 11.8 Å². The SMILES string of the molecule is CC(=O)C1(C)CN(c2ccc(OCc3ccccc3)cc2C(=O)OCc2ccccc2)C1=O. The maximum absolute atomic E-state index is 13.0. The first-order chi connectivity index (χ1) is 15.9. The van der Waals surface area contributed by atoms with Crippen molar-refractivity contribution < 1.29 is 23.9 Å². The Morgan fingerprint density at radius 1 is 0.909 bits per heavy atom. The van der Waals surface area contributed by atoms with Gasteiger partial charge in [-0.1, -0.05) is 60.7 Å². The van der Waals surface area contributed by atoms with Crippen LogP contribution in [-0.2, 0) is 27.5 Å². The van der Waals surface area contributed by atoms with Gasteiger partial charge in [0.15, 0.2) is 0 Å². The van der Waals surface area contributed by atoms with Gasteiger partial charge in [0.05, 0.1) is 11.3 Å². The molecule has 0 radical (unpaired) electrons. The van der Waals surface area contributed by atoms with Gasteiger partial charge in [0.25, 0.3) is 0 Å². The molecule has 1 saturated heterocycles. The van der Waals surface area contributed by atoms with Crippen molar-refractivity contribution in [2.45, 2.75) is 27.1 Å². The molecule has 0 aliphatic carbocycles. The molecule has 6 nitrogen and oxygen atoms in total. The van der Waals surface area contributed by atoms with E-state index in [1.54, 1.807) is 25.1 Å². The maximum atomic E-state index is 13.0. The number of ether oxygens (including phenoxy) is 2. The second kappa shape index (κ2) is 9.28. The lowest BCUT2D eigenvalue weighted by Gasteiger charge is -2.45. The molecule has 33 heavy (non-hydrogen) atoms. The Hall–Kier alpha value is -3.93. The van der Waals surface area contributed by atoms with Gasteiger partial charge in [0.2, 0.25) is 5.91 Å². The Balaban J connectivity index is 1.57. The highest BCUT2D eigenvalue weighted by Gasteiger charge is 2.53. The minimum absolute atomic E-state index is 0.104. The van der Waals surface area contributed by atoms with Crippen molar-refractivity contribution in [3.05, 3.63) is 95.6 Å². The second-order valence-corrected chi connectivity index (χ2v) is 8.29. The molecule has 1 fully saturated rings. The number of Topliss-reactive ketones (excluding diaryl/α,β-unsaturated/α-hetero) is 1. The Morgan fingerprint density at radius 2 is 1.52 bits per heavy atom. The van der Waals surface area contributed by atoms with E-state index in [2.05, 4.69) is 0 Å². The third-order valence-corrected chi connectivity index (χ3v) is 5.91. The van der Waals surface area contributed by atoms with Gasteiger partial charge in [-0.15, -0.1) is 0 Å². The van der Waals surface area contributed by atoms with Gasteiger partial charge in [-0.3, -0.25) is 9.59 Å². The van der Waals surface area contributed by atoms with Crippen molar-refractivity contribution in [3.8, 4) is 5.75 Å². The molecule has 1 aliphatic rings. The molecule has 0 aromatic heterocycles. The van der Waals surface area contributed by atoms with Gasteiger partial charge in [0.1, 0.15) is 30.2 Å². The lowest BCUT2D eigenvalue weighted by Crippen LogP contribution is -2.63. The van der Waals surface area contributed by atoms with Crippen LogP contribution in [0.3, 0.4) is 0 Å². The fourth-order valence-corrected chi connectivity index (χ4v) is 3.66. The summed E-state index contributed by atoms with van der Waals surface area (Å²) in [5, 5.41) is 0. The van der Waals surface area contributed by atoms with Crippen LogP contribution in [0.15, 0.2) is 78.9 Å². The molecule has 6 heteroatoms. The fraction of sp³-hybridized carbons (Fsp3) is 0.222. The Bertz CT molecular complexity index is 1180. The zero-order chi connectivity index (χ0) is 23.4. The van der Waals surface area contributed by atoms with Gasteiger partial charge >= 0.3 is 5.97 Å². The van der Waals surface area contributed by atoms with Crippen LogP contribution in [0, 0.1) is 5.41 Å². The quantitative estimate of drug-likeness (QED) is 0.290. The summed E-state index contributed by atoms with van der Waals surface area (Å²) in [5.74, 6) is -0.607. The van der Waals surface area contributed by atoms with Crippen LogP contribution >= 0.6 is 0 Å². The van der Waals surface area contributed by atoms with Crippen LogP contribution in [-0.4, -0.2) is 24.2 Å². The van der Waals surface area contributed by atoms with Gasteiger partial charge in [-0.05, 0) is 43.2 Å². The number of esters is 1. The number of hydrogen-bond acceptors (Lipinski definition) is 5. The van der Waals surface area contributed by atoms with Gasteiger partial charge in [0, 0.05) is 6.54 Å². The summed E-state index contributed by atoms with van der Waals surface area (Å²) in [6.45, 7) is 3.69. The molecule has 0 N–H and O–H groups in total. The summed E-state index contributed by atoms with van der Waals surface area (Å²) in [5.41, 5.74) is 1.41. The van der Waals surface area contributed by atoms with E-state index < -0.39 is 11.4 Å². The number of carbonyl (C=O) groups excluding carboxylic acids is 3. The summed E-state index contributed by atoms with van der Waals surface area (Å²) in [6, 6.07) is 24.0. The molecule has 3 aromatic rings. The van der Waals surface area contributed by atoms with Gasteiger partial charge < -0.3 is 14.4 Å². The summed E-state index contributed by atoms with van der Waals surface area (Å²) in [6.07, 6.45) is 0. The lowest BCUT2D eigenvalue weighted by molar-refractivity contribution is -0.143. The molecule has 1 atom stereocenters. The summed E-state index contributed by atoms with van der Waals surface area (Å²) < 4.78 is 11.4. The zero-order valence-electron chi connectivity index (χ0n) is 18.6. The number of β-lactam (4-membered cyclic amide) rings is 1. The van der Waals surface area contributed by atoms with Crippen LogP contribution in [0.1, 0.15) is 35.3 Å². The van der Waals surface area contributed by atoms with Gasteiger partial charge in [-0.2, -0.15) is 0 Å². The van der Waals surface area contributed by atoms with Crippen LogP contribution in [0.5, 0.6) is 5.75 Å². The standard InChI is InChI=1S/C27H25NO5/c1-19(29)27(2)18-28(26(27)31)24-14-13-22(32-16-20-9-5-3-6-10-20)15-23(24)25(30)33-17-21-11-7-4-8-12-21/h3-15H,16-18H2,1-2H3. The predicted octanol–water partition coefficient (Wildman–Crippen LogP) is 4.56. The number of ketones is 1. The van der Waals surface area contributed by atoms with Crippen molar-refractivity contribution in [1.29, 1.82) is 0 Å². The first-order valence-corrected chi connectivity index (χ1v) is 10.7. The summed E-state index contributed by atoms with van der Waals surface area (Å²) in [7, 11) is 0. The van der Waals surface area contributed by atoms with Crippen molar-refractivity contribution >= 4 is 23.3 Å². The highest BCUT2D eigenvalue weighted by atomic mass is 16.5. The van der Waals surface area contributed by atoms with Crippen molar-refractivity contribution in [1.82, 2.24) is 0 Å². The van der Waals surface area contributed by atoms with Crippen molar-refractivity contribution in [3.63, 3.8) is 0 Å². The first kappa shape index (κ1) is 22.3. The van der Waals surface area contributed by atoms with Crippen molar-refractivity contribution in [2.75, 3.05) is 11.4 Å². The Morgan fingerprint density at radius 3 is 2.09 bits per heavy atom. The molecule has 168 valence electrons. The molecule has 1 amide bonds. The molecule has 0 saturated carbocycles. The highest BCUT2D eigenvalue weighted by Crippen LogP contribution is 2.39. The number of nitrogens with zero attached hydrogens (tertiary/aromatic N) is 1. The molecule has 1 heterocycles. The molecule has 1 aliphatic heterocycles. The Kier molecular flexibility index (Phi) is 6.27. The number of rotatable bonds is 8. The van der Waals surface area contributed by atoms with E-state index >= 15 is 0 Å². The molecule has 4 rings (SSSR count). The fourth-order valence-electron chi connectivity index (χ4n) is 3.66. The summed E-state index contributed by atoms with van der Waals surface area (Å²) in [4.78, 5) is 39.2. The number of amides is 1. The van der Waals surface area contributed by atoms with E-state index in [4.69, 9.17) is 9.47 Å². The number of anilines is 1. The number of hydrogen-bond donors (Lipinski definition) is 0. The molecular weight excluding hydrogens is 418 g/mol. The molecule has 3 aromatic carbocycles. The van der Waals surface area contributed by atoms with E-state index in [1.807, 2.05) is 60.7 Å². The van der Waals surface area contributed by atoms with Crippen molar-refractivity contribution in [2.24, 2.45) is 5.41 Å². The first-order valence-electron chi connectivity index (χ1n) is 10.7. The minimum atomic E-state index is -1.06. The van der Waals surface area contributed by atoms with Crippen LogP contribution in [0.25, 0.3) is 0 Å². The average molecular weight is 443 g/mol. The minimum Gasteiger partial charge on any atom is -0.489 e. The molecule has 0 bridgehead atoms. The van der Waals surface area contributed by atoms with E-state index in [-0.39, 0.29) is 30.4 Å². The van der Waals surface area contributed by atoms with E-state index in [0.717, 1.165) is 11.1 Å². The highest BCUT2D eigenvalue weighted by molar-refractivity contribution is 6.19. The average Bonchev–Trinajstić information content (AvgIpc) is 2.85. The molecule has 1 unspecified atom stereocenters. The maximum Gasteiger partial charge on any atom is 0.340 e. The van der Waals surface area contributed by atoms with Crippen LogP contribution in [0.2, 0.25) is 0 Å². The van der Waals surface area contributed by atoms with Gasteiger partial charge in [-0.25, -0.2) is 4.79 Å². The normalized spacial score (nSPS) is 17.3. The largest absolute Gasteiger partial charge is 0.489 e. The van der Waals surface area contributed by atoms with E-state index in [9.17, 15) is 14.4 Å². The Labute approximate surface area is 192 Å². The predicted molar refractivity (Wildman–Crippen MR) is 124 cm³/mol. The lowest BCUT2D eigenvalue weighted by atomic mass is 9.77. The van der Waals surface area contributed by atoms with Crippen LogP contribution < -0.4 is 9.64 Å². The second-order valence-electron chi connectivity index (χ2n) is 8.29. The topological polar surface area (TPSA) is 72.9 Å². The molecular formula is C27H25NO5. The smallest absolute Gasteiger partial charge is 0.340 e. The number of carbonyl (C=O) groups is 3. The third kappa shape index (κ3) is 4.65. The zero-order valence-corrected chi connectivity index (χ0v) is 18.6. The van der Waals surface area contributed by atoms with Crippen LogP contribution in [0.4, 0.5) is 5.69 Å².